The highest BCUT2D eigenvalue weighted by molar-refractivity contribution is 5.78. The first-order chi connectivity index (χ1) is 11.0. The molecule has 6 heteroatoms. The Kier molecular flexibility index (Phi) is 6.50. The molecule has 0 spiro atoms. The molecule has 1 aliphatic heterocycles. The number of hydrogen-bond acceptors (Lipinski definition) is 4. The number of nitrogens with zero attached hydrogens (tertiary/aromatic N) is 1. The highest BCUT2D eigenvalue weighted by Gasteiger charge is 2.32. The van der Waals surface area contributed by atoms with Gasteiger partial charge in [-0.3, -0.25) is 9.69 Å². The average Bonchev–Trinajstić information content (AvgIpc) is 2.89. The molecule has 0 aromatic heterocycles. The third-order valence-electron chi connectivity index (χ3n) is 4.22. The smallest absolute Gasteiger partial charge is 0.233 e. The predicted octanol–water partition coefficient (Wildman–Crippen LogP) is 0.528. The molecule has 23 heavy (non-hydrogen) atoms. The van der Waals surface area contributed by atoms with E-state index in [1.165, 1.54) is 12.1 Å². The van der Waals surface area contributed by atoms with Gasteiger partial charge in [0, 0.05) is 31.7 Å². The lowest BCUT2D eigenvalue weighted by molar-refractivity contribution is -0.120. The monoisotopic (exact) mass is 323 g/mol. The van der Waals surface area contributed by atoms with E-state index in [-0.39, 0.29) is 24.3 Å². The Morgan fingerprint density at radius 2 is 2.04 bits per heavy atom. The molecule has 1 aliphatic rings. The Bertz CT molecular complexity index is 507. The van der Waals surface area contributed by atoms with E-state index in [1.807, 2.05) is 0 Å². The summed E-state index contributed by atoms with van der Waals surface area (Å²) in [6, 6.07) is 6.59. The van der Waals surface area contributed by atoms with Gasteiger partial charge >= 0.3 is 0 Å². The van der Waals surface area contributed by atoms with E-state index in [0.29, 0.717) is 25.6 Å². The van der Waals surface area contributed by atoms with Crippen LogP contribution in [0.25, 0.3) is 0 Å². The van der Waals surface area contributed by atoms with Crippen LogP contribution in [0.5, 0.6) is 0 Å². The third-order valence-corrected chi connectivity index (χ3v) is 4.22. The number of aliphatic hydroxyl groups excluding tert-OH is 1. The van der Waals surface area contributed by atoms with Crippen molar-refractivity contribution in [2.24, 2.45) is 0 Å². The molecule has 2 atom stereocenters. The molecular weight excluding hydrogens is 297 g/mol. The highest BCUT2D eigenvalue weighted by Crippen LogP contribution is 2.12. The van der Waals surface area contributed by atoms with Crippen LogP contribution in [0, 0.1) is 5.82 Å². The zero-order valence-electron chi connectivity index (χ0n) is 13.8. The summed E-state index contributed by atoms with van der Waals surface area (Å²) in [6.45, 7) is 6.28. The number of likely N-dealkylation sites (tertiary alicyclic amines) is 1. The van der Waals surface area contributed by atoms with E-state index in [0.717, 1.165) is 12.1 Å². The van der Waals surface area contributed by atoms with Gasteiger partial charge in [-0.25, -0.2) is 4.39 Å². The van der Waals surface area contributed by atoms with E-state index in [4.69, 9.17) is 0 Å². The summed E-state index contributed by atoms with van der Waals surface area (Å²) in [5.74, 6) is -0.352. The maximum atomic E-state index is 12.8. The minimum Gasteiger partial charge on any atom is -0.390 e. The summed E-state index contributed by atoms with van der Waals surface area (Å²) in [6.07, 6.45) is 0.226. The van der Waals surface area contributed by atoms with E-state index in [9.17, 15) is 14.3 Å². The number of amides is 1. The van der Waals surface area contributed by atoms with Gasteiger partial charge in [0.15, 0.2) is 0 Å². The molecule has 3 N–H and O–H groups in total. The summed E-state index contributed by atoms with van der Waals surface area (Å²) < 4.78 is 12.8. The quantitative estimate of drug-likeness (QED) is 0.685. The van der Waals surface area contributed by atoms with Gasteiger partial charge in [-0.1, -0.05) is 12.1 Å². The highest BCUT2D eigenvalue weighted by atomic mass is 19.1. The zero-order valence-corrected chi connectivity index (χ0v) is 13.8. The molecule has 0 radical (unpaired) electrons. The lowest BCUT2D eigenvalue weighted by atomic mass is 10.1. The lowest BCUT2D eigenvalue weighted by Gasteiger charge is -2.19. The van der Waals surface area contributed by atoms with Crippen LogP contribution in [0.4, 0.5) is 4.39 Å². The largest absolute Gasteiger partial charge is 0.390 e. The van der Waals surface area contributed by atoms with E-state index in [1.54, 1.807) is 12.1 Å². The average molecular weight is 323 g/mol. The summed E-state index contributed by atoms with van der Waals surface area (Å²) in [5.41, 5.74) is 0.985. The zero-order chi connectivity index (χ0) is 16.8. The molecule has 1 aromatic carbocycles. The molecule has 5 nitrogen and oxygen atoms in total. The maximum absolute atomic E-state index is 12.8. The van der Waals surface area contributed by atoms with Crippen molar-refractivity contribution in [3.8, 4) is 0 Å². The Hall–Kier alpha value is -1.50. The minimum atomic E-state index is -0.440. The molecule has 1 heterocycles. The number of rotatable bonds is 7. The van der Waals surface area contributed by atoms with Crippen molar-refractivity contribution >= 4 is 5.91 Å². The van der Waals surface area contributed by atoms with Gasteiger partial charge < -0.3 is 15.7 Å². The standard InChI is InChI=1S/C17H26FN3O2/c1-12(2)21-10-15(16(22)11-21)20-9-17(23)19-8-7-13-3-5-14(18)6-4-13/h3-6,12,15-16,20,22H,7-11H2,1-2H3,(H,19,23)/t15-,16-/m0/s1. The van der Waals surface area contributed by atoms with Crippen molar-refractivity contribution in [3.63, 3.8) is 0 Å². The Morgan fingerprint density at radius 3 is 2.65 bits per heavy atom. The van der Waals surface area contributed by atoms with Crippen molar-refractivity contribution in [3.05, 3.63) is 35.6 Å². The van der Waals surface area contributed by atoms with Gasteiger partial charge in [-0.15, -0.1) is 0 Å². The Balaban J connectivity index is 1.64. The van der Waals surface area contributed by atoms with Gasteiger partial charge in [0.25, 0.3) is 0 Å². The maximum Gasteiger partial charge on any atom is 0.233 e. The van der Waals surface area contributed by atoms with Gasteiger partial charge in [-0.2, -0.15) is 0 Å². The first-order valence-corrected chi connectivity index (χ1v) is 8.12. The summed E-state index contributed by atoms with van der Waals surface area (Å²) in [7, 11) is 0. The topological polar surface area (TPSA) is 64.6 Å². The second-order valence-corrected chi connectivity index (χ2v) is 6.33. The fourth-order valence-corrected chi connectivity index (χ4v) is 2.72. The van der Waals surface area contributed by atoms with Crippen molar-refractivity contribution in [1.82, 2.24) is 15.5 Å². The number of benzene rings is 1. The number of hydrogen-bond donors (Lipinski definition) is 3. The van der Waals surface area contributed by atoms with Crippen LogP contribution in [0.2, 0.25) is 0 Å². The van der Waals surface area contributed by atoms with E-state index < -0.39 is 6.10 Å². The second-order valence-electron chi connectivity index (χ2n) is 6.33. The number of halogens is 1. The fourth-order valence-electron chi connectivity index (χ4n) is 2.72. The van der Waals surface area contributed by atoms with Crippen LogP contribution in [-0.4, -0.2) is 60.3 Å². The molecule has 2 rings (SSSR count). The SMILES string of the molecule is CC(C)N1C[C@H](NCC(=O)NCCc2ccc(F)cc2)[C@@H](O)C1. The number of β-amino-alcohol motifs (C(OH)–C–C–N with tert-alkyl or cyclic N) is 1. The van der Waals surface area contributed by atoms with Gasteiger partial charge in [0.2, 0.25) is 5.91 Å². The van der Waals surface area contributed by atoms with Gasteiger partial charge in [0.05, 0.1) is 12.6 Å². The number of carbonyl (C=O) groups excluding carboxylic acids is 1. The predicted molar refractivity (Wildman–Crippen MR) is 87.6 cm³/mol. The first-order valence-electron chi connectivity index (χ1n) is 8.12. The number of nitrogens with one attached hydrogen (secondary N) is 2. The van der Waals surface area contributed by atoms with Crippen LogP contribution >= 0.6 is 0 Å². The van der Waals surface area contributed by atoms with Crippen molar-refractivity contribution in [2.75, 3.05) is 26.2 Å². The first kappa shape index (κ1) is 17.8. The molecule has 1 saturated heterocycles. The molecule has 0 bridgehead atoms. The molecule has 0 unspecified atom stereocenters. The summed E-state index contributed by atoms with van der Waals surface area (Å²) in [4.78, 5) is 14.0. The molecule has 0 saturated carbocycles. The van der Waals surface area contributed by atoms with Crippen molar-refractivity contribution < 1.29 is 14.3 Å². The van der Waals surface area contributed by atoms with Gasteiger partial charge in [0.1, 0.15) is 5.82 Å². The van der Waals surface area contributed by atoms with Crippen molar-refractivity contribution in [1.29, 1.82) is 0 Å². The third kappa shape index (κ3) is 5.57. The molecule has 1 amide bonds. The fraction of sp³-hybridized carbons (Fsp3) is 0.588. The Morgan fingerprint density at radius 1 is 1.35 bits per heavy atom. The van der Waals surface area contributed by atoms with Crippen LogP contribution in [0.3, 0.4) is 0 Å². The molecule has 1 aromatic rings. The molecule has 0 aliphatic carbocycles. The Labute approximate surface area is 136 Å². The number of aliphatic hydroxyl groups is 1. The summed E-state index contributed by atoms with van der Waals surface area (Å²) in [5, 5.41) is 15.9. The molecule has 128 valence electrons. The van der Waals surface area contributed by atoms with Crippen LogP contribution in [0.1, 0.15) is 19.4 Å². The van der Waals surface area contributed by atoms with Gasteiger partial charge in [-0.05, 0) is 38.0 Å². The van der Waals surface area contributed by atoms with Crippen LogP contribution < -0.4 is 10.6 Å². The molecular formula is C17H26FN3O2. The summed E-state index contributed by atoms with van der Waals surface area (Å²) >= 11 is 0. The molecule has 1 fully saturated rings. The lowest BCUT2D eigenvalue weighted by Crippen LogP contribution is -2.45. The van der Waals surface area contributed by atoms with Crippen LogP contribution in [-0.2, 0) is 11.2 Å². The normalized spacial score (nSPS) is 21.8. The van der Waals surface area contributed by atoms with E-state index >= 15 is 0 Å². The van der Waals surface area contributed by atoms with E-state index in [2.05, 4.69) is 29.4 Å². The minimum absolute atomic E-state index is 0.0692. The number of carbonyl (C=O) groups is 1. The van der Waals surface area contributed by atoms with Crippen molar-refractivity contribution in [2.45, 2.75) is 38.5 Å². The van der Waals surface area contributed by atoms with Crippen LogP contribution in [0.15, 0.2) is 24.3 Å². The second kappa shape index (κ2) is 8.38.